The monoisotopic (exact) mass is 192 g/mol. The normalized spacial score (nSPS) is 9.57. The Kier molecular flexibility index (Phi) is 3.42. The molecule has 0 aliphatic rings. The molecule has 0 unspecified atom stereocenters. The minimum Gasteiger partial charge on any atom is -0.465 e. The van der Waals surface area contributed by atoms with Gasteiger partial charge in [0.1, 0.15) is 0 Å². The summed E-state index contributed by atoms with van der Waals surface area (Å²) in [6, 6.07) is 5.02. The van der Waals surface area contributed by atoms with Crippen LogP contribution in [0, 0.1) is 0 Å². The SMILES string of the molecule is C=Cc1cc(CO)cc(C(=O)OC)c1. The van der Waals surface area contributed by atoms with Crippen molar-refractivity contribution in [1.29, 1.82) is 0 Å². The van der Waals surface area contributed by atoms with Gasteiger partial charge in [-0.1, -0.05) is 12.7 Å². The molecular weight excluding hydrogens is 180 g/mol. The predicted octanol–water partition coefficient (Wildman–Crippen LogP) is 1.61. The zero-order valence-corrected chi connectivity index (χ0v) is 7.99. The molecule has 0 spiro atoms. The number of rotatable bonds is 3. The number of esters is 1. The van der Waals surface area contributed by atoms with E-state index >= 15 is 0 Å². The van der Waals surface area contributed by atoms with Crippen molar-refractivity contribution < 1.29 is 14.6 Å². The van der Waals surface area contributed by atoms with Crippen molar-refractivity contribution in [2.45, 2.75) is 6.61 Å². The Balaban J connectivity index is 3.16. The van der Waals surface area contributed by atoms with Crippen LogP contribution in [0.3, 0.4) is 0 Å². The molecule has 1 N–H and O–H groups in total. The van der Waals surface area contributed by atoms with Crippen LogP contribution in [0.1, 0.15) is 21.5 Å². The van der Waals surface area contributed by atoms with E-state index in [1.807, 2.05) is 0 Å². The highest BCUT2D eigenvalue weighted by molar-refractivity contribution is 5.90. The van der Waals surface area contributed by atoms with Crippen LogP contribution >= 0.6 is 0 Å². The summed E-state index contributed by atoms with van der Waals surface area (Å²) in [5, 5.41) is 8.95. The zero-order chi connectivity index (χ0) is 10.6. The first-order valence-corrected chi connectivity index (χ1v) is 4.17. The van der Waals surface area contributed by atoms with Crippen LogP contribution in [0.5, 0.6) is 0 Å². The lowest BCUT2D eigenvalue weighted by Crippen LogP contribution is -2.02. The minimum absolute atomic E-state index is 0.105. The molecule has 0 fully saturated rings. The molecule has 0 amide bonds. The van der Waals surface area contributed by atoms with E-state index in [1.165, 1.54) is 7.11 Å². The number of carbonyl (C=O) groups excluding carboxylic acids is 1. The Labute approximate surface area is 82.6 Å². The fourth-order valence-electron chi connectivity index (χ4n) is 1.16. The van der Waals surface area contributed by atoms with Crippen LogP contribution in [0.4, 0.5) is 0 Å². The molecule has 0 saturated heterocycles. The summed E-state index contributed by atoms with van der Waals surface area (Å²) in [6.45, 7) is 3.49. The van der Waals surface area contributed by atoms with Gasteiger partial charge in [-0.2, -0.15) is 0 Å². The maximum atomic E-state index is 11.2. The Morgan fingerprint density at radius 3 is 2.79 bits per heavy atom. The van der Waals surface area contributed by atoms with E-state index in [0.717, 1.165) is 5.56 Å². The quantitative estimate of drug-likeness (QED) is 0.740. The molecule has 0 heterocycles. The molecule has 0 aliphatic carbocycles. The second-order valence-electron chi connectivity index (χ2n) is 2.82. The Hall–Kier alpha value is -1.61. The molecule has 3 heteroatoms. The van der Waals surface area contributed by atoms with Crippen molar-refractivity contribution >= 4 is 12.0 Å². The number of carbonyl (C=O) groups is 1. The summed E-state index contributed by atoms with van der Waals surface area (Å²) in [6.07, 6.45) is 1.62. The zero-order valence-electron chi connectivity index (χ0n) is 7.99. The third-order valence-corrected chi connectivity index (χ3v) is 1.85. The van der Waals surface area contributed by atoms with Gasteiger partial charge in [-0.3, -0.25) is 0 Å². The van der Waals surface area contributed by atoms with Crippen molar-refractivity contribution in [2.24, 2.45) is 0 Å². The van der Waals surface area contributed by atoms with Gasteiger partial charge in [0, 0.05) is 0 Å². The fourth-order valence-corrected chi connectivity index (χ4v) is 1.16. The van der Waals surface area contributed by atoms with Gasteiger partial charge in [0.25, 0.3) is 0 Å². The first-order chi connectivity index (χ1) is 6.71. The number of aliphatic hydroxyl groups excluding tert-OH is 1. The van der Waals surface area contributed by atoms with Gasteiger partial charge in [-0.05, 0) is 29.3 Å². The number of hydrogen-bond acceptors (Lipinski definition) is 3. The Morgan fingerprint density at radius 2 is 2.29 bits per heavy atom. The van der Waals surface area contributed by atoms with E-state index in [9.17, 15) is 4.79 Å². The lowest BCUT2D eigenvalue weighted by atomic mass is 10.1. The lowest BCUT2D eigenvalue weighted by Gasteiger charge is -2.04. The molecule has 0 atom stereocenters. The molecule has 1 aromatic rings. The highest BCUT2D eigenvalue weighted by Gasteiger charge is 2.07. The van der Waals surface area contributed by atoms with E-state index in [-0.39, 0.29) is 6.61 Å². The molecule has 0 saturated carbocycles. The summed E-state index contributed by atoms with van der Waals surface area (Å²) < 4.78 is 4.58. The Bertz CT molecular complexity index is 356. The van der Waals surface area contributed by atoms with Gasteiger partial charge in [-0.15, -0.1) is 0 Å². The van der Waals surface area contributed by atoms with Crippen molar-refractivity contribution in [1.82, 2.24) is 0 Å². The number of methoxy groups -OCH3 is 1. The van der Waals surface area contributed by atoms with Crippen LogP contribution in [-0.2, 0) is 11.3 Å². The van der Waals surface area contributed by atoms with Crippen LogP contribution in [-0.4, -0.2) is 18.2 Å². The molecule has 0 bridgehead atoms. The largest absolute Gasteiger partial charge is 0.465 e. The van der Waals surface area contributed by atoms with Crippen LogP contribution < -0.4 is 0 Å². The number of ether oxygens (including phenoxy) is 1. The molecular formula is C11H12O3. The van der Waals surface area contributed by atoms with Gasteiger partial charge in [0.15, 0.2) is 0 Å². The van der Waals surface area contributed by atoms with Gasteiger partial charge in [-0.25, -0.2) is 4.79 Å². The molecule has 0 aromatic heterocycles. The van der Waals surface area contributed by atoms with Gasteiger partial charge in [0.2, 0.25) is 0 Å². The molecule has 3 nitrogen and oxygen atoms in total. The van der Waals surface area contributed by atoms with Gasteiger partial charge in [0.05, 0.1) is 19.3 Å². The first-order valence-electron chi connectivity index (χ1n) is 4.17. The van der Waals surface area contributed by atoms with Crippen molar-refractivity contribution in [2.75, 3.05) is 7.11 Å². The maximum absolute atomic E-state index is 11.2. The fraction of sp³-hybridized carbons (Fsp3) is 0.182. The van der Waals surface area contributed by atoms with Crippen LogP contribution in [0.25, 0.3) is 6.08 Å². The van der Waals surface area contributed by atoms with E-state index in [4.69, 9.17) is 5.11 Å². The maximum Gasteiger partial charge on any atom is 0.337 e. The standard InChI is InChI=1S/C11H12O3/c1-3-8-4-9(7-12)6-10(5-8)11(13)14-2/h3-6,12H,1,7H2,2H3. The van der Waals surface area contributed by atoms with Gasteiger partial charge < -0.3 is 9.84 Å². The van der Waals surface area contributed by atoms with Crippen LogP contribution in [0.15, 0.2) is 24.8 Å². The third kappa shape index (κ3) is 2.20. The van der Waals surface area contributed by atoms with E-state index in [2.05, 4.69) is 11.3 Å². The predicted molar refractivity (Wildman–Crippen MR) is 53.8 cm³/mol. The van der Waals surface area contributed by atoms with Crippen molar-refractivity contribution in [3.8, 4) is 0 Å². The Morgan fingerprint density at radius 1 is 1.57 bits per heavy atom. The summed E-state index contributed by atoms with van der Waals surface area (Å²) >= 11 is 0. The number of hydrogen-bond donors (Lipinski definition) is 1. The summed E-state index contributed by atoms with van der Waals surface area (Å²) in [5.41, 5.74) is 1.88. The molecule has 0 aliphatic heterocycles. The van der Waals surface area contributed by atoms with Crippen LogP contribution in [0.2, 0.25) is 0 Å². The molecule has 74 valence electrons. The van der Waals surface area contributed by atoms with E-state index in [1.54, 1.807) is 24.3 Å². The first kappa shape index (κ1) is 10.5. The highest BCUT2D eigenvalue weighted by Crippen LogP contribution is 2.12. The van der Waals surface area contributed by atoms with Crippen molar-refractivity contribution in [3.63, 3.8) is 0 Å². The second-order valence-corrected chi connectivity index (χ2v) is 2.82. The molecule has 14 heavy (non-hydrogen) atoms. The third-order valence-electron chi connectivity index (χ3n) is 1.85. The van der Waals surface area contributed by atoms with E-state index in [0.29, 0.717) is 11.1 Å². The average molecular weight is 192 g/mol. The average Bonchev–Trinajstić information content (AvgIpc) is 2.27. The molecule has 1 rings (SSSR count). The minimum atomic E-state index is -0.414. The van der Waals surface area contributed by atoms with Gasteiger partial charge >= 0.3 is 5.97 Å². The second kappa shape index (κ2) is 4.58. The lowest BCUT2D eigenvalue weighted by molar-refractivity contribution is 0.0600. The van der Waals surface area contributed by atoms with E-state index < -0.39 is 5.97 Å². The number of benzene rings is 1. The summed E-state index contributed by atoms with van der Waals surface area (Å²) in [7, 11) is 1.32. The molecule has 0 radical (unpaired) electrons. The summed E-state index contributed by atoms with van der Waals surface area (Å²) in [4.78, 5) is 11.2. The smallest absolute Gasteiger partial charge is 0.337 e. The highest BCUT2D eigenvalue weighted by atomic mass is 16.5. The summed E-state index contributed by atoms with van der Waals surface area (Å²) in [5.74, 6) is -0.414. The topological polar surface area (TPSA) is 46.5 Å². The van der Waals surface area contributed by atoms with Crippen molar-refractivity contribution in [3.05, 3.63) is 41.5 Å². The molecule has 1 aromatic carbocycles. The number of aliphatic hydroxyl groups is 1.